The van der Waals surface area contributed by atoms with Crippen LogP contribution in [-0.2, 0) is 0 Å². The zero-order valence-corrected chi connectivity index (χ0v) is 17.4. The maximum absolute atomic E-state index is 12.5. The van der Waals surface area contributed by atoms with Crippen molar-refractivity contribution in [3.8, 4) is 11.1 Å². The fourth-order valence-corrected chi connectivity index (χ4v) is 5.43. The third-order valence-corrected chi connectivity index (χ3v) is 7.48. The van der Waals surface area contributed by atoms with Crippen molar-refractivity contribution in [3.05, 3.63) is 59.7 Å². The van der Waals surface area contributed by atoms with Crippen LogP contribution in [-0.4, -0.2) is 6.67 Å². The quantitative estimate of drug-likeness (QED) is 0.491. The van der Waals surface area contributed by atoms with Gasteiger partial charge in [-0.25, -0.2) is 0 Å². The van der Waals surface area contributed by atoms with Crippen LogP contribution < -0.4 is 0 Å². The lowest BCUT2D eigenvalue weighted by molar-refractivity contribution is 0.283. The maximum Gasteiger partial charge on any atom is 0.0897 e. The fraction of sp³-hybridized carbons (Fsp3) is 0.556. The third kappa shape index (κ3) is 4.67. The van der Waals surface area contributed by atoms with Crippen molar-refractivity contribution in [2.45, 2.75) is 76.5 Å². The molecule has 0 spiro atoms. The summed E-state index contributed by atoms with van der Waals surface area (Å²) in [6.07, 6.45) is 11.0. The molecule has 150 valence electrons. The van der Waals surface area contributed by atoms with Gasteiger partial charge in [-0.3, -0.25) is 4.39 Å². The average molecular weight is 379 g/mol. The van der Waals surface area contributed by atoms with Crippen LogP contribution in [0, 0.1) is 11.8 Å². The summed E-state index contributed by atoms with van der Waals surface area (Å²) in [7, 11) is 0. The van der Waals surface area contributed by atoms with Crippen molar-refractivity contribution >= 4 is 0 Å². The monoisotopic (exact) mass is 378 g/mol. The molecule has 28 heavy (non-hydrogen) atoms. The van der Waals surface area contributed by atoms with Crippen molar-refractivity contribution in [1.29, 1.82) is 0 Å². The Labute approximate surface area is 170 Å². The summed E-state index contributed by atoms with van der Waals surface area (Å²) >= 11 is 0. The average Bonchev–Trinajstić information content (AvgIpc) is 2.75. The summed E-state index contributed by atoms with van der Waals surface area (Å²) in [6, 6.07) is 18.6. The minimum atomic E-state index is -0.150. The van der Waals surface area contributed by atoms with Crippen LogP contribution in [0.1, 0.15) is 87.7 Å². The summed E-state index contributed by atoms with van der Waals surface area (Å²) in [4.78, 5) is 0. The molecule has 2 aliphatic carbocycles. The first kappa shape index (κ1) is 19.7. The van der Waals surface area contributed by atoms with E-state index in [1.54, 1.807) is 0 Å². The molecule has 0 N–H and O–H groups in total. The van der Waals surface area contributed by atoms with Gasteiger partial charge in [0.25, 0.3) is 0 Å². The van der Waals surface area contributed by atoms with Crippen LogP contribution in [0.4, 0.5) is 4.39 Å². The van der Waals surface area contributed by atoms with Crippen LogP contribution in [0.2, 0.25) is 0 Å². The molecule has 0 amide bonds. The second-order valence-electron chi connectivity index (χ2n) is 9.40. The lowest BCUT2D eigenvalue weighted by Crippen LogP contribution is -2.13. The Balaban J connectivity index is 1.37. The van der Waals surface area contributed by atoms with Gasteiger partial charge >= 0.3 is 0 Å². The van der Waals surface area contributed by atoms with Gasteiger partial charge in [0.2, 0.25) is 0 Å². The fourth-order valence-electron chi connectivity index (χ4n) is 5.43. The summed E-state index contributed by atoms with van der Waals surface area (Å²) in [5.41, 5.74) is 5.64. The number of hydrogen-bond donors (Lipinski definition) is 0. The lowest BCUT2D eigenvalue weighted by atomic mass is 9.77. The molecule has 0 radical (unpaired) electrons. The summed E-state index contributed by atoms with van der Waals surface area (Å²) in [5.74, 6) is 2.96. The number of benzene rings is 2. The molecular formula is C27H35F. The number of halogens is 1. The second kappa shape index (κ2) is 9.25. The van der Waals surface area contributed by atoms with E-state index in [2.05, 4.69) is 55.5 Å². The Hall–Kier alpha value is -1.63. The van der Waals surface area contributed by atoms with E-state index in [-0.39, 0.29) is 6.67 Å². The first-order chi connectivity index (χ1) is 13.7. The smallest absolute Gasteiger partial charge is 0.0897 e. The zero-order chi connectivity index (χ0) is 19.3. The molecule has 2 fully saturated rings. The minimum Gasteiger partial charge on any atom is -0.251 e. The molecule has 2 aromatic rings. The third-order valence-electron chi connectivity index (χ3n) is 7.48. The topological polar surface area (TPSA) is 0 Å². The van der Waals surface area contributed by atoms with Crippen molar-refractivity contribution in [2.75, 3.05) is 6.67 Å². The molecule has 4 rings (SSSR count). The molecule has 1 heteroatoms. The van der Waals surface area contributed by atoms with Crippen LogP contribution in [0.15, 0.2) is 48.5 Å². The Morgan fingerprint density at radius 1 is 0.643 bits per heavy atom. The molecule has 0 saturated heterocycles. The van der Waals surface area contributed by atoms with Crippen LogP contribution in [0.3, 0.4) is 0 Å². The molecule has 0 aromatic heterocycles. The molecule has 0 nitrogen and oxygen atoms in total. The molecule has 0 heterocycles. The summed E-state index contributed by atoms with van der Waals surface area (Å²) < 4.78 is 12.5. The predicted molar refractivity (Wildman–Crippen MR) is 118 cm³/mol. The number of rotatable bonds is 5. The highest BCUT2D eigenvalue weighted by atomic mass is 19.1. The van der Waals surface area contributed by atoms with E-state index in [9.17, 15) is 4.39 Å². The predicted octanol–water partition coefficient (Wildman–Crippen LogP) is 8.28. The van der Waals surface area contributed by atoms with Gasteiger partial charge in [-0.15, -0.1) is 0 Å². The van der Waals surface area contributed by atoms with E-state index in [1.807, 2.05) is 0 Å². The van der Waals surface area contributed by atoms with Crippen LogP contribution >= 0.6 is 0 Å². The molecule has 0 bridgehead atoms. The highest BCUT2D eigenvalue weighted by Gasteiger charge is 2.22. The number of alkyl halides is 1. The van der Waals surface area contributed by atoms with Crippen molar-refractivity contribution in [1.82, 2.24) is 0 Å². The van der Waals surface area contributed by atoms with Gasteiger partial charge in [-0.2, -0.15) is 0 Å². The van der Waals surface area contributed by atoms with E-state index in [0.717, 1.165) is 18.3 Å². The Bertz CT molecular complexity index is 714. The SMILES string of the molecule is CC1CCC(c2ccc(-c3ccc(C4CCC(CCF)CC4)cc3)cc2)CC1. The highest BCUT2D eigenvalue weighted by molar-refractivity contribution is 5.64. The molecule has 0 aliphatic heterocycles. The van der Waals surface area contributed by atoms with Crippen LogP contribution in [0.5, 0.6) is 0 Å². The first-order valence-electron chi connectivity index (χ1n) is 11.5. The largest absolute Gasteiger partial charge is 0.251 e. The molecule has 2 aliphatic rings. The highest BCUT2D eigenvalue weighted by Crippen LogP contribution is 2.38. The Morgan fingerprint density at radius 3 is 1.50 bits per heavy atom. The summed E-state index contributed by atoms with van der Waals surface area (Å²) in [6.45, 7) is 2.24. The Morgan fingerprint density at radius 2 is 1.07 bits per heavy atom. The van der Waals surface area contributed by atoms with Gasteiger partial charge in [-0.1, -0.05) is 68.3 Å². The van der Waals surface area contributed by atoms with Crippen LogP contribution in [0.25, 0.3) is 11.1 Å². The molecule has 0 atom stereocenters. The normalized spacial score (nSPS) is 28.2. The standard InChI is InChI=1S/C27H35F/c1-20-2-6-22(7-3-20)24-10-14-26(15-11-24)27-16-12-25(13-17-27)23-8-4-21(5-9-23)18-19-28/h10-17,20-23H,2-9,18-19H2,1H3. The van der Waals surface area contributed by atoms with Gasteiger partial charge in [0, 0.05) is 0 Å². The van der Waals surface area contributed by atoms with Gasteiger partial charge < -0.3 is 0 Å². The number of hydrogen-bond acceptors (Lipinski definition) is 0. The lowest BCUT2D eigenvalue weighted by Gasteiger charge is -2.28. The Kier molecular flexibility index (Phi) is 6.50. The van der Waals surface area contributed by atoms with Crippen molar-refractivity contribution < 1.29 is 4.39 Å². The van der Waals surface area contributed by atoms with E-state index in [0.29, 0.717) is 11.8 Å². The van der Waals surface area contributed by atoms with E-state index < -0.39 is 0 Å². The van der Waals surface area contributed by atoms with Gasteiger partial charge in [0.1, 0.15) is 0 Å². The van der Waals surface area contributed by atoms with Gasteiger partial charge in [-0.05, 0) is 90.9 Å². The van der Waals surface area contributed by atoms with Gasteiger partial charge in [0.15, 0.2) is 0 Å². The summed E-state index contributed by atoms with van der Waals surface area (Å²) in [5, 5.41) is 0. The van der Waals surface area contributed by atoms with E-state index >= 15 is 0 Å². The van der Waals surface area contributed by atoms with Crippen molar-refractivity contribution in [3.63, 3.8) is 0 Å². The second-order valence-corrected chi connectivity index (χ2v) is 9.40. The van der Waals surface area contributed by atoms with Crippen molar-refractivity contribution in [2.24, 2.45) is 11.8 Å². The first-order valence-corrected chi connectivity index (χ1v) is 11.5. The zero-order valence-electron chi connectivity index (χ0n) is 17.4. The molecular weight excluding hydrogens is 343 g/mol. The van der Waals surface area contributed by atoms with E-state index in [4.69, 9.17) is 0 Å². The molecule has 0 unspecified atom stereocenters. The molecule has 2 saturated carbocycles. The van der Waals surface area contributed by atoms with Gasteiger partial charge in [0.05, 0.1) is 6.67 Å². The molecule has 2 aromatic carbocycles. The maximum atomic E-state index is 12.5. The minimum absolute atomic E-state index is 0.150. The van der Waals surface area contributed by atoms with E-state index in [1.165, 1.54) is 73.6 Å².